The van der Waals surface area contributed by atoms with Gasteiger partial charge in [-0.25, -0.2) is 0 Å². The van der Waals surface area contributed by atoms with Gasteiger partial charge in [0.15, 0.2) is 0 Å². The Morgan fingerprint density at radius 2 is 0.889 bits per heavy atom. The van der Waals surface area contributed by atoms with E-state index in [1.807, 2.05) is 11.3 Å². The minimum absolute atomic E-state index is 0.0425. The molecule has 54 heavy (non-hydrogen) atoms. The summed E-state index contributed by atoms with van der Waals surface area (Å²) < 4.78 is 2.68. The van der Waals surface area contributed by atoms with Crippen molar-refractivity contribution >= 4 is 59.3 Å². The monoisotopic (exact) mass is 709 g/mol. The second kappa shape index (κ2) is 11.3. The number of anilines is 3. The molecule has 0 amide bonds. The van der Waals surface area contributed by atoms with Gasteiger partial charge in [-0.1, -0.05) is 143 Å². The Hall–Kier alpha value is -5.96. The standard InChI is InChI=1S/C52H39NS/c1-51(2)44-17-8-5-12-38(44)42-30-34(24-27-46(42)51)53(35-25-28-47-43(31-35)39-13-6-9-18-45(39)52(47,3)4)33-22-20-32(21-23-33)36-15-11-16-40-37(36)26-29-49-50(40)41-14-7-10-19-48(41)54-49/h5-31H,1-4H3. The van der Waals surface area contributed by atoms with Crippen LogP contribution in [0.15, 0.2) is 164 Å². The Labute approximate surface area is 320 Å². The van der Waals surface area contributed by atoms with Gasteiger partial charge in [0.2, 0.25) is 0 Å². The molecule has 0 unspecified atom stereocenters. The van der Waals surface area contributed by atoms with Crippen molar-refractivity contribution in [2.24, 2.45) is 0 Å². The summed E-state index contributed by atoms with van der Waals surface area (Å²) in [5.41, 5.74) is 16.7. The molecule has 0 N–H and O–H groups in total. The first-order valence-electron chi connectivity index (χ1n) is 19.0. The van der Waals surface area contributed by atoms with Crippen LogP contribution in [0.5, 0.6) is 0 Å². The topological polar surface area (TPSA) is 3.24 Å². The number of nitrogens with zero attached hydrogens (tertiary/aromatic N) is 1. The molecule has 0 saturated carbocycles. The Bertz CT molecular complexity index is 2890. The van der Waals surface area contributed by atoms with E-state index in [0.29, 0.717) is 0 Å². The zero-order valence-corrected chi connectivity index (χ0v) is 31.8. The van der Waals surface area contributed by atoms with Gasteiger partial charge in [0, 0.05) is 48.1 Å². The molecule has 0 aliphatic heterocycles. The highest BCUT2D eigenvalue weighted by atomic mass is 32.1. The van der Waals surface area contributed by atoms with Crippen LogP contribution in [0.25, 0.3) is 64.3 Å². The second-order valence-electron chi connectivity index (χ2n) is 16.1. The molecule has 1 nitrogen and oxygen atoms in total. The Balaban J connectivity index is 1.08. The molecule has 9 aromatic rings. The summed E-state index contributed by atoms with van der Waals surface area (Å²) >= 11 is 1.88. The van der Waals surface area contributed by atoms with Gasteiger partial charge in [0.25, 0.3) is 0 Å². The third-order valence-electron chi connectivity index (χ3n) is 12.5. The maximum atomic E-state index is 2.45. The summed E-state index contributed by atoms with van der Waals surface area (Å²) in [4.78, 5) is 2.45. The molecule has 0 bridgehead atoms. The molecule has 2 heteroatoms. The third kappa shape index (κ3) is 4.38. The number of fused-ring (bicyclic) bond motifs is 11. The lowest BCUT2D eigenvalue weighted by Crippen LogP contribution is -2.16. The van der Waals surface area contributed by atoms with Crippen LogP contribution in [0.4, 0.5) is 17.1 Å². The molecule has 0 spiro atoms. The molecule has 1 heterocycles. The van der Waals surface area contributed by atoms with Crippen LogP contribution in [-0.4, -0.2) is 0 Å². The van der Waals surface area contributed by atoms with Crippen LogP contribution in [0.1, 0.15) is 49.9 Å². The summed E-state index contributed by atoms with van der Waals surface area (Å²) in [6, 6.07) is 61.5. The smallest absolute Gasteiger partial charge is 0.0468 e. The van der Waals surface area contributed by atoms with Gasteiger partial charge < -0.3 is 4.90 Å². The summed E-state index contributed by atoms with van der Waals surface area (Å²) in [5, 5.41) is 5.31. The Morgan fingerprint density at radius 1 is 0.370 bits per heavy atom. The average Bonchev–Trinajstić information content (AvgIpc) is 3.78. The molecule has 0 saturated heterocycles. The lowest BCUT2D eigenvalue weighted by molar-refractivity contribution is 0.660. The highest BCUT2D eigenvalue weighted by Gasteiger charge is 2.37. The van der Waals surface area contributed by atoms with Crippen LogP contribution >= 0.6 is 11.3 Å². The van der Waals surface area contributed by atoms with Crippen molar-refractivity contribution in [1.82, 2.24) is 0 Å². The molecule has 258 valence electrons. The zero-order valence-electron chi connectivity index (χ0n) is 30.9. The van der Waals surface area contributed by atoms with Crippen LogP contribution < -0.4 is 4.90 Å². The summed E-state index contributed by atoms with van der Waals surface area (Å²) in [7, 11) is 0. The van der Waals surface area contributed by atoms with E-state index < -0.39 is 0 Å². The molecule has 8 aromatic carbocycles. The number of rotatable bonds is 4. The maximum absolute atomic E-state index is 2.45. The van der Waals surface area contributed by atoms with E-state index in [4.69, 9.17) is 0 Å². The van der Waals surface area contributed by atoms with E-state index in [9.17, 15) is 0 Å². The molecular formula is C52H39NS. The molecule has 2 aliphatic rings. The summed E-state index contributed by atoms with van der Waals surface area (Å²) in [6.45, 7) is 9.42. The van der Waals surface area contributed by atoms with Gasteiger partial charge in [-0.05, 0) is 115 Å². The van der Waals surface area contributed by atoms with Gasteiger partial charge in [0.05, 0.1) is 0 Å². The van der Waals surface area contributed by atoms with Crippen LogP contribution in [0.3, 0.4) is 0 Å². The fourth-order valence-corrected chi connectivity index (χ4v) is 10.9. The van der Waals surface area contributed by atoms with E-state index >= 15 is 0 Å². The lowest BCUT2D eigenvalue weighted by Gasteiger charge is -2.28. The van der Waals surface area contributed by atoms with Gasteiger partial charge in [-0.2, -0.15) is 0 Å². The van der Waals surface area contributed by atoms with Crippen LogP contribution in [0, 0.1) is 0 Å². The van der Waals surface area contributed by atoms with E-state index in [1.54, 1.807) is 0 Å². The number of hydrogen-bond acceptors (Lipinski definition) is 2. The SMILES string of the molecule is CC1(C)c2ccccc2-c2cc(N(c3ccc(-c4cccc5c4ccc4sc6ccccc6c45)cc3)c3ccc4c(c3)-c3ccccc3C4(C)C)ccc21. The minimum Gasteiger partial charge on any atom is -0.310 e. The van der Waals surface area contributed by atoms with Gasteiger partial charge in [-0.15, -0.1) is 11.3 Å². The van der Waals surface area contributed by atoms with E-state index in [2.05, 4.69) is 196 Å². The Kier molecular flexibility index (Phi) is 6.59. The molecular weight excluding hydrogens is 671 g/mol. The normalized spacial score (nSPS) is 14.6. The Morgan fingerprint density at radius 3 is 1.54 bits per heavy atom. The lowest BCUT2D eigenvalue weighted by atomic mass is 9.82. The van der Waals surface area contributed by atoms with Crippen molar-refractivity contribution in [1.29, 1.82) is 0 Å². The quantitative estimate of drug-likeness (QED) is 0.176. The van der Waals surface area contributed by atoms with Crippen molar-refractivity contribution in [3.05, 3.63) is 186 Å². The highest BCUT2D eigenvalue weighted by molar-refractivity contribution is 7.26. The summed E-state index contributed by atoms with van der Waals surface area (Å²) in [6.07, 6.45) is 0. The first kappa shape index (κ1) is 31.6. The number of thiophene rings is 1. The van der Waals surface area contributed by atoms with Crippen molar-refractivity contribution in [2.75, 3.05) is 4.90 Å². The van der Waals surface area contributed by atoms with Crippen LogP contribution in [-0.2, 0) is 10.8 Å². The fourth-order valence-electron chi connectivity index (χ4n) is 9.76. The molecule has 0 fully saturated rings. The van der Waals surface area contributed by atoms with E-state index in [1.165, 1.54) is 86.6 Å². The van der Waals surface area contributed by atoms with Crippen molar-refractivity contribution in [2.45, 2.75) is 38.5 Å². The maximum Gasteiger partial charge on any atom is 0.0468 e. The molecule has 11 rings (SSSR count). The number of benzene rings is 8. The first-order valence-corrected chi connectivity index (χ1v) is 19.8. The molecule has 2 aliphatic carbocycles. The van der Waals surface area contributed by atoms with Gasteiger partial charge >= 0.3 is 0 Å². The summed E-state index contributed by atoms with van der Waals surface area (Å²) in [5.74, 6) is 0. The van der Waals surface area contributed by atoms with Crippen molar-refractivity contribution in [3.8, 4) is 33.4 Å². The fraction of sp³-hybridized carbons (Fsp3) is 0.115. The predicted molar refractivity (Wildman–Crippen MR) is 232 cm³/mol. The van der Waals surface area contributed by atoms with E-state index in [0.717, 1.165) is 17.1 Å². The van der Waals surface area contributed by atoms with Gasteiger partial charge in [0.1, 0.15) is 0 Å². The van der Waals surface area contributed by atoms with Gasteiger partial charge in [-0.3, -0.25) is 0 Å². The predicted octanol–water partition coefficient (Wildman–Crippen LogP) is 15.0. The first-order chi connectivity index (χ1) is 26.3. The molecule has 0 atom stereocenters. The van der Waals surface area contributed by atoms with Crippen molar-refractivity contribution in [3.63, 3.8) is 0 Å². The highest BCUT2D eigenvalue weighted by Crippen LogP contribution is 2.53. The number of hydrogen-bond donors (Lipinski definition) is 0. The molecule has 0 radical (unpaired) electrons. The van der Waals surface area contributed by atoms with E-state index in [-0.39, 0.29) is 10.8 Å². The largest absolute Gasteiger partial charge is 0.310 e. The third-order valence-corrected chi connectivity index (χ3v) is 13.6. The van der Waals surface area contributed by atoms with Crippen LogP contribution in [0.2, 0.25) is 0 Å². The second-order valence-corrected chi connectivity index (χ2v) is 17.2. The average molecular weight is 710 g/mol. The zero-order chi connectivity index (χ0) is 36.3. The molecule has 1 aromatic heterocycles. The van der Waals surface area contributed by atoms with Crippen molar-refractivity contribution < 1.29 is 0 Å². The minimum atomic E-state index is -0.0425.